The maximum absolute atomic E-state index is 11.2. The number of rotatable bonds is 5. The summed E-state index contributed by atoms with van der Waals surface area (Å²) in [5.74, 6) is -0.0610. The highest BCUT2D eigenvalue weighted by Crippen LogP contribution is 2.44. The molecule has 0 aromatic heterocycles. The summed E-state index contributed by atoms with van der Waals surface area (Å²) >= 11 is 0. The molecule has 0 saturated heterocycles. The van der Waals surface area contributed by atoms with Gasteiger partial charge in [0.25, 0.3) is 0 Å². The van der Waals surface area contributed by atoms with Crippen molar-refractivity contribution in [1.82, 2.24) is 0 Å². The van der Waals surface area contributed by atoms with Gasteiger partial charge in [-0.3, -0.25) is 0 Å². The van der Waals surface area contributed by atoms with Crippen LogP contribution in [0.25, 0.3) is 11.1 Å². The summed E-state index contributed by atoms with van der Waals surface area (Å²) in [6, 6.07) is 12.9. The predicted molar refractivity (Wildman–Crippen MR) is 144 cm³/mol. The highest BCUT2D eigenvalue weighted by molar-refractivity contribution is 5.83. The van der Waals surface area contributed by atoms with Gasteiger partial charge in [-0.15, -0.1) is 0 Å². The predicted octanol–water partition coefficient (Wildman–Crippen LogP) is 4.30. The maximum atomic E-state index is 11.2. The summed E-state index contributed by atoms with van der Waals surface area (Å²) in [5, 5.41) is 43.4. The zero-order valence-corrected chi connectivity index (χ0v) is 20.1. The number of phenols is 4. The van der Waals surface area contributed by atoms with E-state index >= 15 is 0 Å². The van der Waals surface area contributed by atoms with E-state index in [4.69, 9.17) is 22.9 Å². The van der Waals surface area contributed by atoms with Crippen LogP contribution in [0.3, 0.4) is 0 Å². The Morgan fingerprint density at radius 3 is 1.06 bits per heavy atom. The first-order valence-corrected chi connectivity index (χ1v) is 11.3. The number of benzene rings is 4. The van der Waals surface area contributed by atoms with E-state index in [-0.39, 0.29) is 47.0 Å². The van der Waals surface area contributed by atoms with Gasteiger partial charge in [-0.25, -0.2) is 0 Å². The molecule has 36 heavy (non-hydrogen) atoms. The molecule has 0 radical (unpaired) electrons. The second kappa shape index (κ2) is 9.14. The van der Waals surface area contributed by atoms with Gasteiger partial charge < -0.3 is 43.4 Å². The minimum absolute atomic E-state index is 0.0823. The minimum Gasteiger partial charge on any atom is -0.507 e. The van der Waals surface area contributed by atoms with Crippen LogP contribution in [0.5, 0.6) is 23.0 Å². The highest BCUT2D eigenvalue weighted by Gasteiger charge is 2.20. The third-order valence-electron chi connectivity index (χ3n) is 6.28. The van der Waals surface area contributed by atoms with Crippen molar-refractivity contribution in [2.75, 3.05) is 22.9 Å². The lowest BCUT2D eigenvalue weighted by Crippen LogP contribution is -2.00. The second-order valence-corrected chi connectivity index (χ2v) is 9.20. The molecular weight excluding hydrogens is 456 g/mol. The monoisotopic (exact) mass is 486 g/mol. The van der Waals surface area contributed by atoms with E-state index in [0.717, 1.165) is 0 Å². The van der Waals surface area contributed by atoms with Crippen LogP contribution < -0.4 is 22.9 Å². The Labute approximate surface area is 209 Å². The normalized spacial score (nSPS) is 11.1. The van der Waals surface area contributed by atoms with E-state index in [1.807, 2.05) is 0 Å². The number of phenolic OH excluding ortho intramolecular Hbond substituents is 4. The number of aryl methyl sites for hydroxylation is 2. The van der Waals surface area contributed by atoms with Crippen LogP contribution in [0.4, 0.5) is 22.7 Å². The third kappa shape index (κ3) is 4.61. The van der Waals surface area contributed by atoms with Gasteiger partial charge in [-0.2, -0.15) is 0 Å². The molecule has 4 rings (SSSR count). The smallest absolute Gasteiger partial charge is 0.127 e. The third-order valence-corrected chi connectivity index (χ3v) is 6.28. The first kappa shape index (κ1) is 24.4. The summed E-state index contributed by atoms with van der Waals surface area (Å²) in [6.45, 7) is 3.48. The van der Waals surface area contributed by atoms with Crippen molar-refractivity contribution < 1.29 is 20.4 Å². The average Bonchev–Trinajstić information content (AvgIpc) is 2.79. The van der Waals surface area contributed by atoms with E-state index in [1.54, 1.807) is 62.4 Å². The van der Waals surface area contributed by atoms with Crippen LogP contribution in [0, 0.1) is 13.8 Å². The van der Waals surface area contributed by atoms with Gasteiger partial charge >= 0.3 is 0 Å². The first-order valence-electron chi connectivity index (χ1n) is 11.3. The molecule has 0 aliphatic carbocycles. The first-order chi connectivity index (χ1) is 16.9. The molecule has 186 valence electrons. The Hall–Kier alpha value is -4.72. The zero-order chi connectivity index (χ0) is 26.3. The molecule has 8 heteroatoms. The van der Waals surface area contributed by atoms with Crippen molar-refractivity contribution in [1.29, 1.82) is 0 Å². The van der Waals surface area contributed by atoms with Crippen LogP contribution in [-0.4, -0.2) is 20.4 Å². The summed E-state index contributed by atoms with van der Waals surface area (Å²) < 4.78 is 0. The van der Waals surface area contributed by atoms with Crippen molar-refractivity contribution in [2.24, 2.45) is 0 Å². The van der Waals surface area contributed by atoms with E-state index in [1.165, 1.54) is 0 Å². The molecule has 0 saturated carbocycles. The number of anilines is 4. The number of aromatic hydroxyl groups is 4. The van der Waals surface area contributed by atoms with Gasteiger partial charge in [0.05, 0.1) is 0 Å². The fourth-order valence-corrected chi connectivity index (χ4v) is 4.56. The van der Waals surface area contributed by atoms with E-state index in [9.17, 15) is 20.4 Å². The fourth-order valence-electron chi connectivity index (χ4n) is 4.56. The molecule has 0 atom stereocenters. The number of nitrogen functional groups attached to an aromatic ring is 4. The number of hydrogen-bond acceptors (Lipinski definition) is 8. The molecule has 12 N–H and O–H groups in total. The van der Waals surface area contributed by atoms with E-state index in [0.29, 0.717) is 56.1 Å². The zero-order valence-electron chi connectivity index (χ0n) is 20.1. The molecule has 0 amide bonds. The van der Waals surface area contributed by atoms with Crippen molar-refractivity contribution >= 4 is 22.7 Å². The topological polar surface area (TPSA) is 185 Å². The minimum atomic E-state index is -0.113. The van der Waals surface area contributed by atoms with Crippen molar-refractivity contribution in [3.63, 3.8) is 0 Å². The maximum Gasteiger partial charge on any atom is 0.127 e. The lowest BCUT2D eigenvalue weighted by molar-refractivity contribution is 0.457. The van der Waals surface area contributed by atoms with Gasteiger partial charge in [0.2, 0.25) is 0 Å². The Kier molecular flexibility index (Phi) is 6.20. The van der Waals surface area contributed by atoms with Gasteiger partial charge in [0, 0.05) is 69.0 Å². The molecule has 0 bridgehead atoms. The van der Waals surface area contributed by atoms with Crippen LogP contribution in [0.1, 0.15) is 33.4 Å². The van der Waals surface area contributed by atoms with Crippen molar-refractivity contribution in [3.8, 4) is 34.1 Å². The Morgan fingerprint density at radius 2 is 0.722 bits per heavy atom. The van der Waals surface area contributed by atoms with Crippen molar-refractivity contribution in [2.45, 2.75) is 26.7 Å². The molecular formula is C28H30N4O4. The quantitative estimate of drug-likeness (QED) is 0.151. The molecule has 0 heterocycles. The molecule has 0 aliphatic heterocycles. The largest absolute Gasteiger partial charge is 0.507 e. The van der Waals surface area contributed by atoms with E-state index < -0.39 is 0 Å². The summed E-state index contributed by atoms with van der Waals surface area (Å²) in [4.78, 5) is 0. The number of nitrogens with two attached hydrogens (primary N) is 4. The molecule has 8 nitrogen and oxygen atoms in total. The van der Waals surface area contributed by atoms with Gasteiger partial charge in [0.1, 0.15) is 23.0 Å². The fraction of sp³-hybridized carbons (Fsp3) is 0.143. The molecule has 0 unspecified atom stereocenters. The Balaban J connectivity index is 1.81. The van der Waals surface area contributed by atoms with Crippen LogP contribution in [0.15, 0.2) is 48.5 Å². The molecule has 0 fully saturated rings. The van der Waals surface area contributed by atoms with Crippen LogP contribution >= 0.6 is 0 Å². The number of hydrogen-bond donors (Lipinski definition) is 8. The summed E-state index contributed by atoms with van der Waals surface area (Å²) in [6.07, 6.45) is 0.321. The second-order valence-electron chi connectivity index (χ2n) is 9.20. The van der Waals surface area contributed by atoms with E-state index in [2.05, 4.69) is 0 Å². The molecule has 4 aromatic carbocycles. The average molecular weight is 487 g/mol. The highest BCUT2D eigenvalue weighted by atomic mass is 16.3. The van der Waals surface area contributed by atoms with Crippen LogP contribution in [0.2, 0.25) is 0 Å². The Bertz CT molecular complexity index is 1390. The lowest BCUT2D eigenvalue weighted by Gasteiger charge is -2.17. The standard InChI is InChI=1S/C28H30N4O4/c1-13-3-19(29)7-15(25(13)33)5-17-9-21(31)11-23(27(17)35)24-12-22(32)10-18(28(24)36)6-16-8-20(30)4-14(2)26(16)34/h3-4,7-12,33-36H,5-6,29-32H2,1-2H3. The molecule has 0 aliphatic rings. The van der Waals surface area contributed by atoms with Crippen LogP contribution in [-0.2, 0) is 12.8 Å². The SMILES string of the molecule is Cc1cc(N)cc(Cc2cc(N)cc(-c3cc(N)cc(Cc4cc(N)cc(C)c4O)c3O)c2O)c1O. The molecule has 4 aromatic rings. The lowest BCUT2D eigenvalue weighted by atomic mass is 9.92. The summed E-state index contributed by atoms with van der Waals surface area (Å²) in [7, 11) is 0. The molecule has 0 spiro atoms. The van der Waals surface area contributed by atoms with Gasteiger partial charge in [-0.1, -0.05) is 0 Å². The summed E-state index contributed by atoms with van der Waals surface area (Å²) in [5.41, 5.74) is 29.6. The Morgan fingerprint density at radius 1 is 0.444 bits per heavy atom. The van der Waals surface area contributed by atoms with Gasteiger partial charge in [-0.05, 0) is 73.5 Å². The van der Waals surface area contributed by atoms with Crippen molar-refractivity contribution in [3.05, 3.63) is 81.9 Å². The van der Waals surface area contributed by atoms with Gasteiger partial charge in [0.15, 0.2) is 0 Å².